The van der Waals surface area contributed by atoms with Crippen molar-refractivity contribution in [3.8, 4) is 5.75 Å². The molecule has 0 saturated carbocycles. The normalized spacial score (nSPS) is 16.6. The Hall–Kier alpha value is -1.56. The minimum absolute atomic E-state index is 0.0532. The molecule has 5 nitrogen and oxygen atoms in total. The van der Waals surface area contributed by atoms with Crippen molar-refractivity contribution in [1.29, 1.82) is 0 Å². The lowest BCUT2D eigenvalue weighted by molar-refractivity contribution is 0.192. The summed E-state index contributed by atoms with van der Waals surface area (Å²) in [6.07, 6.45) is 3.23. The molecular formula is C16H24N2O3S. The number of methoxy groups -OCH3 is 1. The van der Waals surface area contributed by atoms with Gasteiger partial charge in [-0.15, -0.1) is 0 Å². The van der Waals surface area contributed by atoms with Crippen molar-refractivity contribution in [3.05, 3.63) is 29.3 Å². The van der Waals surface area contributed by atoms with Crippen LogP contribution >= 0.6 is 0 Å². The molecule has 1 aliphatic rings. The van der Waals surface area contributed by atoms with Gasteiger partial charge in [0.25, 0.3) is 0 Å². The Bertz CT molecular complexity index is 562. The summed E-state index contributed by atoms with van der Waals surface area (Å²) in [6.45, 7) is 3.79. The van der Waals surface area contributed by atoms with Crippen LogP contribution in [0.5, 0.6) is 5.75 Å². The summed E-state index contributed by atoms with van der Waals surface area (Å²) in [7, 11) is 0.832. The predicted molar refractivity (Wildman–Crippen MR) is 88.7 cm³/mol. The highest BCUT2D eigenvalue weighted by Crippen LogP contribution is 2.27. The van der Waals surface area contributed by atoms with Gasteiger partial charge in [0.2, 0.25) is 0 Å². The van der Waals surface area contributed by atoms with Gasteiger partial charge in [0.05, 0.1) is 7.11 Å². The van der Waals surface area contributed by atoms with Crippen LogP contribution in [0, 0.1) is 0 Å². The second-order valence-electron chi connectivity index (χ2n) is 5.60. The SMILES string of the molecule is COc1cccc2c1CCN(C(=O)NCC[C@H](C)[S@@](C)=O)C2. The molecule has 0 aliphatic carbocycles. The molecule has 0 saturated heterocycles. The molecule has 1 heterocycles. The van der Waals surface area contributed by atoms with E-state index in [4.69, 9.17) is 4.74 Å². The lowest BCUT2D eigenvalue weighted by atomic mass is 9.99. The lowest BCUT2D eigenvalue weighted by Crippen LogP contribution is -2.43. The summed E-state index contributed by atoms with van der Waals surface area (Å²) in [5, 5.41) is 3.02. The molecular weight excluding hydrogens is 300 g/mol. The largest absolute Gasteiger partial charge is 0.496 e. The van der Waals surface area contributed by atoms with Gasteiger partial charge in [0.15, 0.2) is 0 Å². The van der Waals surface area contributed by atoms with Crippen molar-refractivity contribution in [3.63, 3.8) is 0 Å². The molecule has 0 aromatic heterocycles. The molecule has 1 aliphatic heterocycles. The summed E-state index contributed by atoms with van der Waals surface area (Å²) in [4.78, 5) is 14.0. The van der Waals surface area contributed by atoms with E-state index in [0.29, 0.717) is 19.6 Å². The third kappa shape index (κ3) is 4.00. The van der Waals surface area contributed by atoms with Crippen molar-refractivity contribution < 1.29 is 13.7 Å². The Morgan fingerprint density at radius 3 is 2.95 bits per heavy atom. The van der Waals surface area contributed by atoms with E-state index < -0.39 is 10.8 Å². The fraction of sp³-hybridized carbons (Fsp3) is 0.562. The van der Waals surface area contributed by atoms with E-state index in [-0.39, 0.29) is 11.3 Å². The Balaban J connectivity index is 1.89. The van der Waals surface area contributed by atoms with Gasteiger partial charge in [-0.05, 0) is 24.5 Å². The highest BCUT2D eigenvalue weighted by molar-refractivity contribution is 7.84. The van der Waals surface area contributed by atoms with E-state index in [1.165, 1.54) is 5.56 Å². The molecule has 22 heavy (non-hydrogen) atoms. The number of carbonyl (C=O) groups is 1. The average Bonchev–Trinajstić information content (AvgIpc) is 2.53. The van der Waals surface area contributed by atoms with Crippen molar-refractivity contribution in [2.75, 3.05) is 26.5 Å². The van der Waals surface area contributed by atoms with Gasteiger partial charge >= 0.3 is 6.03 Å². The van der Waals surface area contributed by atoms with Crippen LogP contribution < -0.4 is 10.1 Å². The molecule has 1 aromatic carbocycles. The molecule has 1 aromatic rings. The summed E-state index contributed by atoms with van der Waals surface area (Å²) in [6, 6.07) is 5.90. The second kappa shape index (κ2) is 7.63. The van der Waals surface area contributed by atoms with Gasteiger partial charge < -0.3 is 15.0 Å². The molecule has 122 valence electrons. The zero-order valence-electron chi connectivity index (χ0n) is 13.4. The average molecular weight is 324 g/mol. The summed E-state index contributed by atoms with van der Waals surface area (Å²) < 4.78 is 16.7. The first kappa shape index (κ1) is 16.8. The predicted octanol–water partition coefficient (Wildman–Crippen LogP) is 1.92. The number of hydrogen-bond acceptors (Lipinski definition) is 3. The van der Waals surface area contributed by atoms with Gasteiger partial charge in [0, 0.05) is 47.5 Å². The van der Waals surface area contributed by atoms with E-state index in [0.717, 1.165) is 24.2 Å². The van der Waals surface area contributed by atoms with Crippen molar-refractivity contribution in [2.24, 2.45) is 0 Å². The van der Waals surface area contributed by atoms with Gasteiger partial charge in [-0.25, -0.2) is 4.79 Å². The Morgan fingerprint density at radius 2 is 2.27 bits per heavy atom. The first-order valence-corrected chi connectivity index (χ1v) is 9.14. The maximum absolute atomic E-state index is 12.2. The highest BCUT2D eigenvalue weighted by atomic mass is 32.2. The van der Waals surface area contributed by atoms with E-state index in [9.17, 15) is 9.00 Å². The number of rotatable bonds is 5. The molecule has 0 spiro atoms. The standard InChI is InChI=1S/C16H24N2O3S/c1-12(22(3)20)7-9-17-16(19)18-10-8-14-13(11-18)5-4-6-15(14)21-2/h4-6,12H,7-11H2,1-3H3,(H,17,19)/t12-,22+/m0/s1. The van der Waals surface area contributed by atoms with Crippen LogP contribution in [0.4, 0.5) is 4.79 Å². The van der Waals surface area contributed by atoms with E-state index in [2.05, 4.69) is 5.32 Å². The van der Waals surface area contributed by atoms with Crippen LogP contribution in [0.15, 0.2) is 18.2 Å². The number of amides is 2. The van der Waals surface area contributed by atoms with E-state index in [1.54, 1.807) is 13.4 Å². The zero-order valence-corrected chi connectivity index (χ0v) is 14.2. The maximum Gasteiger partial charge on any atom is 0.317 e. The minimum atomic E-state index is -0.842. The van der Waals surface area contributed by atoms with Gasteiger partial charge in [0.1, 0.15) is 5.75 Å². The first-order chi connectivity index (χ1) is 10.5. The first-order valence-electron chi connectivity index (χ1n) is 7.52. The maximum atomic E-state index is 12.2. The molecule has 1 N–H and O–H groups in total. The number of carbonyl (C=O) groups excluding carboxylic acids is 1. The monoisotopic (exact) mass is 324 g/mol. The van der Waals surface area contributed by atoms with Crippen LogP contribution in [0.2, 0.25) is 0 Å². The zero-order chi connectivity index (χ0) is 16.1. The van der Waals surface area contributed by atoms with E-state index in [1.807, 2.05) is 30.0 Å². The van der Waals surface area contributed by atoms with Crippen LogP contribution in [0.3, 0.4) is 0 Å². The fourth-order valence-electron chi connectivity index (χ4n) is 2.60. The summed E-state index contributed by atoms with van der Waals surface area (Å²) >= 11 is 0. The molecule has 2 atom stereocenters. The van der Waals surface area contributed by atoms with Crippen LogP contribution in [-0.4, -0.2) is 46.8 Å². The topological polar surface area (TPSA) is 58.6 Å². The van der Waals surface area contributed by atoms with Crippen LogP contribution in [0.1, 0.15) is 24.5 Å². The summed E-state index contributed by atoms with van der Waals surface area (Å²) in [5.41, 5.74) is 2.34. The van der Waals surface area contributed by atoms with Gasteiger partial charge in [-0.3, -0.25) is 4.21 Å². The molecule has 0 unspecified atom stereocenters. The Morgan fingerprint density at radius 1 is 1.50 bits per heavy atom. The molecule has 6 heteroatoms. The van der Waals surface area contributed by atoms with Gasteiger partial charge in [-0.2, -0.15) is 0 Å². The van der Waals surface area contributed by atoms with Gasteiger partial charge in [-0.1, -0.05) is 19.1 Å². The fourth-order valence-corrected chi connectivity index (χ4v) is 3.05. The molecule has 0 radical (unpaired) electrons. The number of nitrogens with one attached hydrogen (secondary N) is 1. The number of ether oxygens (including phenoxy) is 1. The molecule has 2 amide bonds. The van der Waals surface area contributed by atoms with E-state index >= 15 is 0 Å². The number of hydrogen-bond donors (Lipinski definition) is 1. The third-order valence-corrected chi connectivity index (χ3v) is 5.49. The quantitative estimate of drug-likeness (QED) is 0.900. The Labute approximate surface area is 134 Å². The molecule has 0 fully saturated rings. The number of benzene rings is 1. The molecule has 2 rings (SSSR count). The molecule has 0 bridgehead atoms. The minimum Gasteiger partial charge on any atom is -0.496 e. The highest BCUT2D eigenvalue weighted by Gasteiger charge is 2.22. The smallest absolute Gasteiger partial charge is 0.317 e. The van der Waals surface area contributed by atoms with Crippen LogP contribution in [-0.2, 0) is 23.8 Å². The lowest BCUT2D eigenvalue weighted by Gasteiger charge is -2.30. The number of nitrogens with zero attached hydrogens (tertiary/aromatic N) is 1. The van der Waals surface area contributed by atoms with Crippen molar-refractivity contribution in [1.82, 2.24) is 10.2 Å². The van der Waals surface area contributed by atoms with Crippen molar-refractivity contribution >= 4 is 16.8 Å². The van der Waals surface area contributed by atoms with Crippen molar-refractivity contribution in [2.45, 2.75) is 31.6 Å². The third-order valence-electron chi connectivity index (χ3n) is 4.12. The Kier molecular flexibility index (Phi) is 5.83. The number of fused-ring (bicyclic) bond motifs is 1. The second-order valence-corrected chi connectivity index (χ2v) is 7.40. The number of urea groups is 1. The van der Waals surface area contributed by atoms with Crippen LogP contribution in [0.25, 0.3) is 0 Å². The summed E-state index contributed by atoms with van der Waals surface area (Å²) in [5.74, 6) is 0.900.